The number of imidazole rings is 1. The first kappa shape index (κ1) is 14.9. The van der Waals surface area contributed by atoms with Crippen LogP contribution in [-0.2, 0) is 6.42 Å². The smallest absolute Gasteiger partial charge is 0.121 e. The molecule has 0 fully saturated rings. The Morgan fingerprint density at radius 1 is 1.35 bits per heavy atom. The van der Waals surface area contributed by atoms with Gasteiger partial charge >= 0.3 is 0 Å². The fraction of sp³-hybridized carbons (Fsp3) is 0.562. The fourth-order valence-corrected chi connectivity index (χ4v) is 2.45. The molecular weight excluding hydrogens is 250 g/mol. The van der Waals surface area contributed by atoms with Gasteiger partial charge in [-0.15, -0.1) is 0 Å². The number of fused-ring (bicyclic) bond motifs is 1. The monoisotopic (exact) mass is 275 g/mol. The quantitative estimate of drug-likeness (QED) is 0.843. The number of benzene rings is 1. The lowest BCUT2D eigenvalue weighted by Crippen LogP contribution is -2.09. The second kappa shape index (κ2) is 6.75. The molecular formula is C16H25N3O. The Balaban J connectivity index is 2.38. The molecule has 0 aliphatic carbocycles. The summed E-state index contributed by atoms with van der Waals surface area (Å²) in [7, 11) is 0. The molecule has 0 amide bonds. The number of rotatable bonds is 7. The van der Waals surface area contributed by atoms with E-state index in [0.717, 1.165) is 43.0 Å². The highest BCUT2D eigenvalue weighted by atomic mass is 16.5. The van der Waals surface area contributed by atoms with Crippen LogP contribution in [0.15, 0.2) is 18.2 Å². The van der Waals surface area contributed by atoms with E-state index in [1.807, 2.05) is 12.1 Å². The van der Waals surface area contributed by atoms with Crippen molar-refractivity contribution in [1.82, 2.24) is 9.55 Å². The summed E-state index contributed by atoms with van der Waals surface area (Å²) < 4.78 is 7.98. The van der Waals surface area contributed by atoms with Crippen LogP contribution in [-0.4, -0.2) is 22.7 Å². The maximum Gasteiger partial charge on any atom is 0.121 e. The van der Waals surface area contributed by atoms with E-state index in [4.69, 9.17) is 15.5 Å². The van der Waals surface area contributed by atoms with Crippen molar-refractivity contribution in [2.24, 2.45) is 5.73 Å². The van der Waals surface area contributed by atoms with Crippen LogP contribution in [0.3, 0.4) is 0 Å². The zero-order valence-electron chi connectivity index (χ0n) is 12.7. The molecule has 0 bridgehead atoms. The van der Waals surface area contributed by atoms with E-state index in [2.05, 4.69) is 31.4 Å². The first-order chi connectivity index (χ1) is 9.67. The predicted octanol–water partition coefficient (Wildman–Crippen LogP) is 3.30. The molecule has 2 N–H and O–H groups in total. The average molecular weight is 275 g/mol. The number of nitrogens with two attached hydrogens (primary N) is 1. The molecule has 4 heteroatoms. The van der Waals surface area contributed by atoms with Gasteiger partial charge in [-0.25, -0.2) is 4.98 Å². The van der Waals surface area contributed by atoms with E-state index >= 15 is 0 Å². The van der Waals surface area contributed by atoms with E-state index < -0.39 is 0 Å². The minimum Gasteiger partial charge on any atom is -0.494 e. The molecule has 1 heterocycles. The Kier molecular flexibility index (Phi) is 5.01. The van der Waals surface area contributed by atoms with Crippen molar-refractivity contribution in [3.8, 4) is 5.75 Å². The lowest BCUT2D eigenvalue weighted by Gasteiger charge is -2.13. The highest BCUT2D eigenvalue weighted by Crippen LogP contribution is 2.25. The number of aryl methyl sites for hydroxylation is 1. The molecule has 1 aromatic heterocycles. The molecule has 110 valence electrons. The summed E-state index contributed by atoms with van der Waals surface area (Å²) in [5.41, 5.74) is 7.81. The Morgan fingerprint density at radius 3 is 2.80 bits per heavy atom. The van der Waals surface area contributed by atoms with Gasteiger partial charge in [-0.2, -0.15) is 0 Å². The van der Waals surface area contributed by atoms with Gasteiger partial charge in [0.15, 0.2) is 0 Å². The van der Waals surface area contributed by atoms with E-state index in [-0.39, 0.29) is 0 Å². The third-order valence-corrected chi connectivity index (χ3v) is 3.33. The molecule has 0 saturated heterocycles. The molecule has 0 radical (unpaired) electrons. The molecule has 2 aromatic rings. The minimum atomic E-state index is 0.398. The Bertz CT molecular complexity index is 560. The van der Waals surface area contributed by atoms with Gasteiger partial charge in [0.1, 0.15) is 11.6 Å². The van der Waals surface area contributed by atoms with Crippen LogP contribution in [0, 0.1) is 0 Å². The maximum atomic E-state index is 5.68. The largest absolute Gasteiger partial charge is 0.494 e. The van der Waals surface area contributed by atoms with Gasteiger partial charge < -0.3 is 15.0 Å². The molecule has 1 aromatic carbocycles. The van der Waals surface area contributed by atoms with Crippen LogP contribution in [0.4, 0.5) is 0 Å². The van der Waals surface area contributed by atoms with Crippen molar-refractivity contribution < 1.29 is 4.74 Å². The van der Waals surface area contributed by atoms with Gasteiger partial charge in [-0.05, 0) is 45.4 Å². The Labute approximate surface area is 120 Å². The number of hydrogen-bond acceptors (Lipinski definition) is 3. The SMILES string of the molecule is CCCOc1ccc2c(c1)nc(CCCN)n2C(C)C. The first-order valence-electron chi connectivity index (χ1n) is 7.51. The summed E-state index contributed by atoms with van der Waals surface area (Å²) in [4.78, 5) is 4.77. The second-order valence-corrected chi connectivity index (χ2v) is 5.38. The maximum absolute atomic E-state index is 5.68. The summed E-state index contributed by atoms with van der Waals surface area (Å²) in [6.45, 7) is 7.93. The summed E-state index contributed by atoms with van der Waals surface area (Å²) >= 11 is 0. The topological polar surface area (TPSA) is 53.1 Å². The molecule has 0 spiro atoms. The molecule has 20 heavy (non-hydrogen) atoms. The number of hydrogen-bond donors (Lipinski definition) is 1. The highest BCUT2D eigenvalue weighted by molar-refractivity contribution is 5.78. The van der Waals surface area contributed by atoms with Crippen molar-refractivity contribution in [3.63, 3.8) is 0 Å². The van der Waals surface area contributed by atoms with Crippen LogP contribution < -0.4 is 10.5 Å². The highest BCUT2D eigenvalue weighted by Gasteiger charge is 2.13. The standard InChI is InChI=1S/C16H25N3O/c1-4-10-20-13-7-8-15-14(11-13)18-16(6-5-9-17)19(15)12(2)3/h7-8,11-12H,4-6,9-10,17H2,1-3H3. The summed E-state index contributed by atoms with van der Waals surface area (Å²) in [6.07, 6.45) is 2.91. The van der Waals surface area contributed by atoms with Gasteiger partial charge in [0.25, 0.3) is 0 Å². The number of ether oxygens (including phenoxy) is 1. The third-order valence-electron chi connectivity index (χ3n) is 3.33. The van der Waals surface area contributed by atoms with Gasteiger partial charge in [0, 0.05) is 18.5 Å². The third kappa shape index (κ3) is 3.12. The second-order valence-electron chi connectivity index (χ2n) is 5.38. The van der Waals surface area contributed by atoms with Crippen molar-refractivity contribution in [3.05, 3.63) is 24.0 Å². The van der Waals surface area contributed by atoms with E-state index in [0.29, 0.717) is 12.6 Å². The Hall–Kier alpha value is -1.55. The van der Waals surface area contributed by atoms with Crippen molar-refractivity contribution in [2.45, 2.75) is 46.1 Å². The molecule has 0 aliphatic heterocycles. The van der Waals surface area contributed by atoms with Gasteiger partial charge in [0.05, 0.1) is 17.6 Å². The van der Waals surface area contributed by atoms with Crippen LogP contribution in [0.2, 0.25) is 0 Å². The molecule has 2 rings (SSSR count). The molecule has 0 saturated carbocycles. The van der Waals surface area contributed by atoms with Gasteiger partial charge in [0.2, 0.25) is 0 Å². The molecule has 0 unspecified atom stereocenters. The fourth-order valence-electron chi connectivity index (χ4n) is 2.45. The summed E-state index contributed by atoms with van der Waals surface area (Å²) in [5, 5.41) is 0. The predicted molar refractivity (Wildman–Crippen MR) is 83.3 cm³/mol. The van der Waals surface area contributed by atoms with E-state index in [1.54, 1.807) is 0 Å². The van der Waals surface area contributed by atoms with Crippen molar-refractivity contribution in [2.75, 3.05) is 13.2 Å². The summed E-state index contributed by atoms with van der Waals surface area (Å²) in [5.74, 6) is 2.02. The van der Waals surface area contributed by atoms with Crippen molar-refractivity contribution >= 4 is 11.0 Å². The van der Waals surface area contributed by atoms with E-state index in [1.165, 1.54) is 5.52 Å². The molecule has 4 nitrogen and oxygen atoms in total. The number of aromatic nitrogens is 2. The minimum absolute atomic E-state index is 0.398. The van der Waals surface area contributed by atoms with Crippen LogP contribution >= 0.6 is 0 Å². The van der Waals surface area contributed by atoms with Gasteiger partial charge in [-0.1, -0.05) is 6.92 Å². The summed E-state index contributed by atoms with van der Waals surface area (Å²) in [6, 6.07) is 6.58. The first-order valence-corrected chi connectivity index (χ1v) is 7.51. The van der Waals surface area contributed by atoms with Crippen LogP contribution in [0.5, 0.6) is 5.75 Å². The average Bonchev–Trinajstić information content (AvgIpc) is 2.80. The molecule has 0 aliphatic rings. The normalized spacial score (nSPS) is 11.4. The molecule has 0 atom stereocenters. The van der Waals surface area contributed by atoms with Gasteiger partial charge in [-0.3, -0.25) is 0 Å². The number of nitrogens with zero attached hydrogens (tertiary/aromatic N) is 2. The zero-order valence-corrected chi connectivity index (χ0v) is 12.7. The van der Waals surface area contributed by atoms with Crippen LogP contribution in [0.1, 0.15) is 45.5 Å². The Morgan fingerprint density at radius 2 is 2.15 bits per heavy atom. The lowest BCUT2D eigenvalue weighted by molar-refractivity contribution is 0.318. The van der Waals surface area contributed by atoms with Crippen molar-refractivity contribution in [1.29, 1.82) is 0 Å². The van der Waals surface area contributed by atoms with Crippen LogP contribution in [0.25, 0.3) is 11.0 Å². The zero-order chi connectivity index (χ0) is 14.5. The van der Waals surface area contributed by atoms with E-state index in [9.17, 15) is 0 Å². The lowest BCUT2D eigenvalue weighted by atomic mass is 10.2.